The Morgan fingerprint density at radius 3 is 2.41 bits per heavy atom. The zero-order valence-electron chi connectivity index (χ0n) is 15.6. The lowest BCUT2D eigenvalue weighted by Gasteiger charge is -2.08. The van der Waals surface area contributed by atoms with Gasteiger partial charge >= 0.3 is 10.1 Å². The monoisotopic (exact) mass is 406 g/mol. The summed E-state index contributed by atoms with van der Waals surface area (Å²) in [4.78, 5) is 0.0467. The SMILES string of the molecule is Cc1ccc(S(=O)(=O)O/N=C(/Cn2nnc3ccccc32)c2ccccc2)cc1. The molecule has 146 valence electrons. The molecule has 0 aliphatic heterocycles. The van der Waals surface area contributed by atoms with E-state index in [1.807, 2.05) is 61.5 Å². The molecule has 3 aromatic carbocycles. The van der Waals surface area contributed by atoms with Gasteiger partial charge in [-0.3, -0.25) is 4.28 Å². The van der Waals surface area contributed by atoms with E-state index < -0.39 is 10.1 Å². The van der Waals surface area contributed by atoms with Crippen molar-refractivity contribution in [2.24, 2.45) is 5.16 Å². The number of para-hydroxylation sites is 1. The first kappa shape index (κ1) is 18.8. The fraction of sp³-hybridized carbons (Fsp3) is 0.0952. The first-order chi connectivity index (χ1) is 14.0. The van der Waals surface area contributed by atoms with Crippen LogP contribution in [0.5, 0.6) is 0 Å². The zero-order chi connectivity index (χ0) is 20.3. The van der Waals surface area contributed by atoms with Gasteiger partial charge in [0.1, 0.15) is 16.1 Å². The van der Waals surface area contributed by atoms with Crippen molar-refractivity contribution in [2.45, 2.75) is 18.4 Å². The van der Waals surface area contributed by atoms with E-state index in [-0.39, 0.29) is 11.4 Å². The topological polar surface area (TPSA) is 86.4 Å². The van der Waals surface area contributed by atoms with Crippen LogP contribution in [-0.2, 0) is 20.9 Å². The van der Waals surface area contributed by atoms with Crippen molar-refractivity contribution in [2.75, 3.05) is 0 Å². The predicted octanol–water partition coefficient (Wildman–Crippen LogP) is 3.55. The highest BCUT2D eigenvalue weighted by Gasteiger charge is 2.17. The molecule has 0 bridgehead atoms. The minimum absolute atomic E-state index is 0.0467. The number of benzene rings is 3. The van der Waals surface area contributed by atoms with E-state index in [0.717, 1.165) is 22.2 Å². The van der Waals surface area contributed by atoms with Crippen LogP contribution in [0.1, 0.15) is 11.1 Å². The molecular formula is C21H18N4O3S. The molecule has 0 amide bonds. The number of rotatable bonds is 6. The highest BCUT2D eigenvalue weighted by molar-refractivity contribution is 7.86. The summed E-state index contributed by atoms with van der Waals surface area (Å²) in [6, 6.07) is 23.1. The average Bonchev–Trinajstić information content (AvgIpc) is 3.15. The van der Waals surface area contributed by atoms with Crippen molar-refractivity contribution in [1.29, 1.82) is 0 Å². The van der Waals surface area contributed by atoms with Crippen LogP contribution in [0.4, 0.5) is 0 Å². The van der Waals surface area contributed by atoms with Gasteiger partial charge in [-0.15, -0.1) is 5.10 Å². The summed E-state index contributed by atoms with van der Waals surface area (Å²) in [5, 5.41) is 12.3. The summed E-state index contributed by atoms with van der Waals surface area (Å²) in [5.74, 6) is 0. The Kier molecular flexibility index (Phi) is 5.09. The molecule has 4 rings (SSSR count). The Morgan fingerprint density at radius 2 is 1.66 bits per heavy atom. The minimum Gasteiger partial charge on any atom is -0.264 e. The number of fused-ring (bicyclic) bond motifs is 1. The Morgan fingerprint density at radius 1 is 0.966 bits per heavy atom. The summed E-state index contributed by atoms with van der Waals surface area (Å²) in [5.41, 5.74) is 3.66. The first-order valence-electron chi connectivity index (χ1n) is 8.94. The lowest BCUT2D eigenvalue weighted by atomic mass is 10.1. The molecule has 29 heavy (non-hydrogen) atoms. The van der Waals surface area contributed by atoms with Gasteiger partial charge in [0.25, 0.3) is 0 Å². The number of hydrogen-bond acceptors (Lipinski definition) is 6. The van der Waals surface area contributed by atoms with Gasteiger partial charge in [-0.05, 0) is 31.2 Å². The number of aryl methyl sites for hydroxylation is 1. The van der Waals surface area contributed by atoms with E-state index in [1.165, 1.54) is 12.1 Å². The first-order valence-corrected chi connectivity index (χ1v) is 10.3. The second-order valence-corrected chi connectivity index (χ2v) is 8.01. The fourth-order valence-electron chi connectivity index (χ4n) is 2.82. The highest BCUT2D eigenvalue weighted by Crippen LogP contribution is 2.16. The second-order valence-electron chi connectivity index (χ2n) is 6.48. The second kappa shape index (κ2) is 7.84. The lowest BCUT2D eigenvalue weighted by molar-refractivity contribution is 0.337. The third-order valence-electron chi connectivity index (χ3n) is 4.38. The fourth-order valence-corrected chi connectivity index (χ4v) is 3.56. The molecule has 0 saturated carbocycles. The van der Waals surface area contributed by atoms with Crippen LogP contribution < -0.4 is 0 Å². The van der Waals surface area contributed by atoms with Gasteiger partial charge in [0.2, 0.25) is 0 Å². The maximum atomic E-state index is 12.5. The van der Waals surface area contributed by atoms with E-state index in [0.29, 0.717) is 5.71 Å². The van der Waals surface area contributed by atoms with E-state index in [1.54, 1.807) is 16.8 Å². The van der Waals surface area contributed by atoms with E-state index >= 15 is 0 Å². The molecule has 0 N–H and O–H groups in total. The van der Waals surface area contributed by atoms with Gasteiger partial charge in [-0.2, -0.15) is 8.42 Å². The van der Waals surface area contributed by atoms with Gasteiger partial charge < -0.3 is 0 Å². The summed E-state index contributed by atoms with van der Waals surface area (Å²) in [6.07, 6.45) is 0. The van der Waals surface area contributed by atoms with Crippen LogP contribution in [0.25, 0.3) is 11.0 Å². The van der Waals surface area contributed by atoms with Crippen LogP contribution in [0.2, 0.25) is 0 Å². The quantitative estimate of drug-likeness (QED) is 0.361. The third kappa shape index (κ3) is 4.17. The van der Waals surface area contributed by atoms with Gasteiger partial charge in [0, 0.05) is 5.56 Å². The smallest absolute Gasteiger partial charge is 0.264 e. The number of hydrogen-bond donors (Lipinski definition) is 0. The number of aromatic nitrogens is 3. The molecule has 0 atom stereocenters. The van der Waals surface area contributed by atoms with Crippen LogP contribution in [-0.4, -0.2) is 29.1 Å². The number of oxime groups is 1. The summed E-state index contributed by atoms with van der Waals surface area (Å²) in [6.45, 7) is 2.08. The molecule has 0 aliphatic carbocycles. The summed E-state index contributed by atoms with van der Waals surface area (Å²) < 4.78 is 31.7. The predicted molar refractivity (Wildman–Crippen MR) is 110 cm³/mol. The van der Waals surface area contributed by atoms with Crippen molar-refractivity contribution >= 4 is 26.9 Å². The molecule has 0 aliphatic rings. The molecule has 0 spiro atoms. The van der Waals surface area contributed by atoms with Crippen LogP contribution >= 0.6 is 0 Å². The summed E-state index contributed by atoms with van der Waals surface area (Å²) >= 11 is 0. The van der Waals surface area contributed by atoms with Crippen LogP contribution in [0, 0.1) is 6.92 Å². The molecule has 8 heteroatoms. The molecular weight excluding hydrogens is 388 g/mol. The molecule has 0 fully saturated rings. The Labute approximate surface area is 168 Å². The molecule has 7 nitrogen and oxygen atoms in total. The van der Waals surface area contributed by atoms with E-state index in [4.69, 9.17) is 4.28 Å². The van der Waals surface area contributed by atoms with Crippen molar-refractivity contribution in [1.82, 2.24) is 15.0 Å². The maximum Gasteiger partial charge on any atom is 0.358 e. The average molecular weight is 406 g/mol. The zero-order valence-corrected chi connectivity index (χ0v) is 16.5. The molecule has 4 aromatic rings. The molecule has 0 saturated heterocycles. The van der Waals surface area contributed by atoms with Crippen molar-refractivity contribution < 1.29 is 12.7 Å². The molecule has 0 radical (unpaired) electrons. The van der Waals surface area contributed by atoms with Crippen LogP contribution in [0.3, 0.4) is 0 Å². The summed E-state index contributed by atoms with van der Waals surface area (Å²) in [7, 11) is -4.03. The normalized spacial score (nSPS) is 12.2. The highest BCUT2D eigenvalue weighted by atomic mass is 32.2. The Hall–Kier alpha value is -3.52. The minimum atomic E-state index is -4.03. The van der Waals surface area contributed by atoms with Gasteiger partial charge in [0.15, 0.2) is 0 Å². The maximum absolute atomic E-state index is 12.5. The standard InChI is InChI=1S/C21H18N4O3S/c1-16-11-13-18(14-12-16)29(26,27)28-23-20(17-7-3-2-4-8-17)15-25-21-10-6-5-9-19(21)22-24-25/h2-14H,15H2,1H3/b23-20-. The van der Waals surface area contributed by atoms with Crippen molar-refractivity contribution in [3.05, 3.63) is 90.0 Å². The van der Waals surface area contributed by atoms with Crippen molar-refractivity contribution in [3.63, 3.8) is 0 Å². The largest absolute Gasteiger partial charge is 0.358 e. The van der Waals surface area contributed by atoms with Crippen LogP contribution in [0.15, 0.2) is 88.9 Å². The van der Waals surface area contributed by atoms with Gasteiger partial charge in [-0.25, -0.2) is 4.68 Å². The Bertz CT molecular complexity index is 1260. The van der Waals surface area contributed by atoms with Gasteiger partial charge in [0.05, 0.1) is 12.1 Å². The Balaban J connectivity index is 1.68. The van der Waals surface area contributed by atoms with E-state index in [2.05, 4.69) is 15.5 Å². The van der Waals surface area contributed by atoms with E-state index in [9.17, 15) is 8.42 Å². The van der Waals surface area contributed by atoms with Crippen molar-refractivity contribution in [3.8, 4) is 0 Å². The van der Waals surface area contributed by atoms with Gasteiger partial charge in [-0.1, -0.05) is 70.5 Å². The molecule has 1 heterocycles. The third-order valence-corrected chi connectivity index (χ3v) is 5.50. The molecule has 0 unspecified atom stereocenters. The number of nitrogens with zero attached hydrogens (tertiary/aromatic N) is 4. The lowest BCUT2D eigenvalue weighted by Crippen LogP contribution is -2.15. The molecule has 1 aromatic heterocycles.